The van der Waals surface area contributed by atoms with Crippen molar-refractivity contribution in [3.63, 3.8) is 0 Å². The average molecular weight is 476 g/mol. The molecule has 32 heavy (non-hydrogen) atoms. The molecule has 0 aliphatic heterocycles. The van der Waals surface area contributed by atoms with Crippen molar-refractivity contribution in [1.29, 1.82) is 0 Å². The van der Waals surface area contributed by atoms with Gasteiger partial charge in [-0.1, -0.05) is 0 Å². The third-order valence-electron chi connectivity index (χ3n) is 3.84. The molecular weight excluding hydrogens is 462 g/mol. The van der Waals surface area contributed by atoms with Gasteiger partial charge in [0.05, 0.1) is 17.2 Å². The molecule has 0 fully saturated rings. The summed E-state index contributed by atoms with van der Waals surface area (Å²) in [4.78, 5) is 20.2. The minimum atomic E-state index is -5.00. The fourth-order valence-corrected chi connectivity index (χ4v) is 3.15. The molecule has 0 atom stereocenters. The fraction of sp³-hybridized carbons (Fsp3) is 0.263. The maximum absolute atomic E-state index is 13.1. The van der Waals surface area contributed by atoms with Crippen LogP contribution in [0.2, 0.25) is 0 Å². The van der Waals surface area contributed by atoms with E-state index in [-0.39, 0.29) is 16.6 Å². The highest BCUT2D eigenvalue weighted by Crippen LogP contribution is 2.38. The van der Waals surface area contributed by atoms with Crippen LogP contribution in [-0.4, -0.2) is 31.8 Å². The average Bonchev–Trinajstić information content (AvgIpc) is 3.35. The number of thiazole rings is 1. The van der Waals surface area contributed by atoms with Crippen LogP contribution in [0.1, 0.15) is 30.0 Å². The van der Waals surface area contributed by atoms with Crippen LogP contribution in [0.5, 0.6) is 0 Å². The van der Waals surface area contributed by atoms with Crippen LogP contribution in [-0.2, 0) is 21.9 Å². The number of aromatic nitrogens is 4. The van der Waals surface area contributed by atoms with Crippen molar-refractivity contribution in [2.45, 2.75) is 32.3 Å². The van der Waals surface area contributed by atoms with Crippen LogP contribution in [0.15, 0.2) is 36.1 Å². The first-order valence-electron chi connectivity index (χ1n) is 8.88. The monoisotopic (exact) mass is 476 g/mol. The standard InChI is InChI=1S/C19H14F6N4O2S/c1-10(2)31-17(30)14(16-26-3-4-32-16)8-29-9-27-15(28-29)11-5-12(18(20,21)22)7-13(6-11)19(23,24)25/h3-10H,1-2H3/b14-8+. The molecule has 0 radical (unpaired) electrons. The Bertz CT molecular complexity index is 1100. The van der Waals surface area contributed by atoms with Gasteiger partial charge in [-0.2, -0.15) is 26.3 Å². The van der Waals surface area contributed by atoms with E-state index in [0.717, 1.165) is 22.3 Å². The zero-order valence-corrected chi connectivity index (χ0v) is 17.2. The molecule has 3 aromatic rings. The minimum absolute atomic E-state index is 0.00910. The van der Waals surface area contributed by atoms with Crippen LogP contribution in [0, 0.1) is 0 Å². The van der Waals surface area contributed by atoms with Gasteiger partial charge in [-0.3, -0.25) is 0 Å². The molecule has 0 bridgehead atoms. The van der Waals surface area contributed by atoms with Gasteiger partial charge in [0.25, 0.3) is 0 Å². The molecule has 0 unspecified atom stereocenters. The Morgan fingerprint density at radius 3 is 2.19 bits per heavy atom. The Morgan fingerprint density at radius 2 is 1.69 bits per heavy atom. The van der Waals surface area contributed by atoms with E-state index in [1.165, 1.54) is 12.4 Å². The lowest BCUT2D eigenvalue weighted by atomic mass is 10.0. The lowest BCUT2D eigenvalue weighted by molar-refractivity contribution is -0.143. The summed E-state index contributed by atoms with van der Waals surface area (Å²) in [6, 6.07) is 1.06. The van der Waals surface area contributed by atoms with Gasteiger partial charge >= 0.3 is 18.3 Å². The molecule has 2 aromatic heterocycles. The molecule has 0 amide bonds. The summed E-state index contributed by atoms with van der Waals surface area (Å²) in [5.74, 6) is -1.13. The van der Waals surface area contributed by atoms with Crippen LogP contribution >= 0.6 is 11.3 Å². The maximum Gasteiger partial charge on any atom is 0.416 e. The zero-order valence-electron chi connectivity index (χ0n) is 16.4. The van der Waals surface area contributed by atoms with E-state index in [4.69, 9.17) is 4.74 Å². The Balaban J connectivity index is 2.05. The first-order valence-corrected chi connectivity index (χ1v) is 9.76. The number of nitrogens with zero attached hydrogens (tertiary/aromatic N) is 4. The lowest BCUT2D eigenvalue weighted by Crippen LogP contribution is -2.13. The van der Waals surface area contributed by atoms with Gasteiger partial charge in [-0.05, 0) is 32.0 Å². The molecule has 0 saturated carbocycles. The Kier molecular flexibility index (Phi) is 6.39. The Morgan fingerprint density at radius 1 is 1.06 bits per heavy atom. The van der Waals surface area contributed by atoms with E-state index in [9.17, 15) is 31.1 Å². The number of rotatable bonds is 5. The maximum atomic E-state index is 13.1. The van der Waals surface area contributed by atoms with E-state index in [1.54, 1.807) is 19.2 Å². The highest BCUT2D eigenvalue weighted by Gasteiger charge is 2.37. The molecule has 0 aliphatic carbocycles. The van der Waals surface area contributed by atoms with Crippen LogP contribution in [0.25, 0.3) is 23.2 Å². The van der Waals surface area contributed by atoms with Crippen LogP contribution in [0.4, 0.5) is 26.3 Å². The molecule has 6 nitrogen and oxygen atoms in total. The summed E-state index contributed by atoms with van der Waals surface area (Å²) in [5.41, 5.74) is -3.47. The SMILES string of the molecule is CC(C)OC(=O)/C(=C/n1cnc(-c2cc(C(F)(F)F)cc(C(F)(F)F)c2)n1)c1nccs1. The highest BCUT2D eigenvalue weighted by molar-refractivity contribution is 7.11. The number of alkyl halides is 6. The van der Waals surface area contributed by atoms with Crippen LogP contribution in [0.3, 0.4) is 0 Å². The largest absolute Gasteiger partial charge is 0.459 e. The first-order chi connectivity index (χ1) is 14.8. The minimum Gasteiger partial charge on any atom is -0.459 e. The second-order valence-corrected chi connectivity index (χ2v) is 7.57. The Hall–Kier alpha value is -3.22. The normalized spacial score (nSPS) is 13.0. The summed E-state index contributed by atoms with van der Waals surface area (Å²) in [6.45, 7) is 3.27. The van der Waals surface area contributed by atoms with E-state index in [2.05, 4.69) is 15.1 Å². The predicted molar refractivity (Wildman–Crippen MR) is 103 cm³/mol. The highest BCUT2D eigenvalue weighted by atomic mass is 32.1. The van der Waals surface area contributed by atoms with Gasteiger partial charge in [0.2, 0.25) is 0 Å². The van der Waals surface area contributed by atoms with Gasteiger partial charge in [0.1, 0.15) is 16.9 Å². The molecule has 1 aromatic carbocycles. The van der Waals surface area contributed by atoms with Crippen molar-refractivity contribution in [1.82, 2.24) is 19.7 Å². The number of carbonyl (C=O) groups is 1. The second-order valence-electron chi connectivity index (χ2n) is 6.68. The smallest absolute Gasteiger partial charge is 0.416 e. The lowest BCUT2D eigenvalue weighted by Gasteiger charge is -2.13. The third-order valence-corrected chi connectivity index (χ3v) is 4.65. The number of halogens is 6. The van der Waals surface area contributed by atoms with Crippen molar-refractivity contribution < 1.29 is 35.9 Å². The predicted octanol–water partition coefficient (Wildman–Crippen LogP) is 5.39. The molecule has 2 heterocycles. The zero-order chi connectivity index (χ0) is 23.7. The summed E-state index contributed by atoms with van der Waals surface area (Å²) in [6.07, 6.45) is -6.78. The number of esters is 1. The third kappa shape index (κ3) is 5.52. The van der Waals surface area contributed by atoms with E-state index in [0.29, 0.717) is 12.1 Å². The number of hydrogen-bond acceptors (Lipinski definition) is 6. The molecular formula is C19H14F6N4O2S. The van der Waals surface area contributed by atoms with E-state index >= 15 is 0 Å². The summed E-state index contributed by atoms with van der Waals surface area (Å²) >= 11 is 1.13. The molecule has 0 saturated heterocycles. The quantitative estimate of drug-likeness (QED) is 0.281. The second kappa shape index (κ2) is 8.73. The van der Waals surface area contributed by atoms with Crippen molar-refractivity contribution in [3.8, 4) is 11.4 Å². The van der Waals surface area contributed by atoms with Crippen molar-refractivity contribution in [3.05, 3.63) is 52.2 Å². The molecule has 0 spiro atoms. The molecule has 170 valence electrons. The van der Waals surface area contributed by atoms with Gasteiger partial charge in [-0.15, -0.1) is 16.4 Å². The van der Waals surface area contributed by atoms with E-state index < -0.39 is 46.9 Å². The van der Waals surface area contributed by atoms with Gasteiger partial charge in [-0.25, -0.2) is 19.4 Å². The first kappa shape index (κ1) is 23.4. The van der Waals surface area contributed by atoms with Crippen molar-refractivity contribution >= 4 is 29.1 Å². The summed E-state index contributed by atoms with van der Waals surface area (Å²) in [7, 11) is 0. The fourth-order valence-electron chi connectivity index (χ4n) is 2.51. The molecule has 0 N–H and O–H groups in total. The summed E-state index contributed by atoms with van der Waals surface area (Å²) < 4.78 is 84.7. The summed E-state index contributed by atoms with van der Waals surface area (Å²) in [5, 5.41) is 5.80. The van der Waals surface area contributed by atoms with Gasteiger partial charge < -0.3 is 4.74 Å². The number of ether oxygens (including phenoxy) is 1. The number of hydrogen-bond donors (Lipinski definition) is 0. The molecule has 3 rings (SSSR count). The Labute approximate surface area is 181 Å². The number of benzene rings is 1. The van der Waals surface area contributed by atoms with Crippen molar-refractivity contribution in [2.75, 3.05) is 0 Å². The van der Waals surface area contributed by atoms with E-state index in [1.807, 2.05) is 0 Å². The van der Waals surface area contributed by atoms with Gasteiger partial charge in [0.15, 0.2) is 5.82 Å². The molecule has 0 aliphatic rings. The van der Waals surface area contributed by atoms with Crippen LogP contribution < -0.4 is 0 Å². The number of carbonyl (C=O) groups excluding carboxylic acids is 1. The van der Waals surface area contributed by atoms with Crippen molar-refractivity contribution in [2.24, 2.45) is 0 Å². The van der Waals surface area contributed by atoms with Gasteiger partial charge in [0, 0.05) is 23.3 Å². The topological polar surface area (TPSA) is 69.9 Å². The molecule has 13 heteroatoms.